The van der Waals surface area contributed by atoms with Crippen molar-refractivity contribution in [3.05, 3.63) is 103 Å². The molecule has 0 aliphatic heterocycles. The van der Waals surface area contributed by atoms with E-state index in [1.807, 2.05) is 85.8 Å². The summed E-state index contributed by atoms with van der Waals surface area (Å²) >= 11 is 1.41. The molecule has 5 aromatic rings. The van der Waals surface area contributed by atoms with Gasteiger partial charge in [0.25, 0.3) is 5.91 Å². The maximum atomic E-state index is 13.3. The number of anilines is 1. The average molecular weight is 438 g/mol. The van der Waals surface area contributed by atoms with Crippen molar-refractivity contribution in [1.29, 1.82) is 0 Å². The Hall–Kier alpha value is -4.10. The van der Waals surface area contributed by atoms with Gasteiger partial charge in [0, 0.05) is 18.0 Å². The van der Waals surface area contributed by atoms with E-state index < -0.39 is 0 Å². The van der Waals surface area contributed by atoms with Gasteiger partial charge in [0.2, 0.25) is 0 Å². The summed E-state index contributed by atoms with van der Waals surface area (Å²) < 4.78 is 1.73. The quantitative estimate of drug-likeness (QED) is 0.387. The highest BCUT2D eigenvalue weighted by molar-refractivity contribution is 7.19. The van der Waals surface area contributed by atoms with Gasteiger partial charge in [-0.05, 0) is 31.2 Å². The van der Waals surface area contributed by atoms with Crippen LogP contribution in [0.3, 0.4) is 0 Å². The molecular weight excluding hydrogens is 418 g/mol. The van der Waals surface area contributed by atoms with Crippen LogP contribution in [0.4, 0.5) is 5.13 Å². The molecule has 7 heteroatoms. The Morgan fingerprint density at radius 1 is 0.938 bits per heavy atom. The molecule has 32 heavy (non-hydrogen) atoms. The second-order valence-corrected chi connectivity index (χ2v) is 8.14. The Bertz CT molecular complexity index is 1360. The Morgan fingerprint density at radius 3 is 2.38 bits per heavy atom. The van der Waals surface area contributed by atoms with Crippen LogP contribution in [0.2, 0.25) is 0 Å². The fraction of sp³-hybridized carbons (Fsp3) is 0.0400. The van der Waals surface area contributed by atoms with E-state index in [1.54, 1.807) is 17.1 Å². The molecule has 5 rings (SSSR count). The van der Waals surface area contributed by atoms with Crippen molar-refractivity contribution in [2.45, 2.75) is 6.92 Å². The lowest BCUT2D eigenvalue weighted by Gasteiger charge is -2.02. The minimum absolute atomic E-state index is 0.257. The second kappa shape index (κ2) is 8.56. The predicted molar refractivity (Wildman–Crippen MR) is 127 cm³/mol. The second-order valence-electron chi connectivity index (χ2n) is 7.14. The number of carbonyl (C=O) groups is 1. The summed E-state index contributed by atoms with van der Waals surface area (Å²) in [6.07, 6.45) is 3.50. The van der Waals surface area contributed by atoms with E-state index in [0.717, 1.165) is 27.5 Å². The molecule has 0 atom stereocenters. The van der Waals surface area contributed by atoms with Crippen molar-refractivity contribution in [2.24, 2.45) is 0 Å². The molecule has 6 nitrogen and oxygen atoms in total. The first kappa shape index (κ1) is 19.8. The number of aromatic nitrogens is 4. The van der Waals surface area contributed by atoms with Gasteiger partial charge in [-0.2, -0.15) is 5.10 Å². The Balaban J connectivity index is 1.50. The van der Waals surface area contributed by atoms with Crippen LogP contribution >= 0.6 is 11.3 Å². The largest absolute Gasteiger partial charge is 0.298 e. The summed E-state index contributed by atoms with van der Waals surface area (Å²) in [7, 11) is 0. The molecule has 0 aliphatic rings. The zero-order chi connectivity index (χ0) is 21.9. The van der Waals surface area contributed by atoms with Gasteiger partial charge >= 0.3 is 0 Å². The van der Waals surface area contributed by atoms with Crippen molar-refractivity contribution in [1.82, 2.24) is 19.7 Å². The molecule has 0 unspecified atom stereocenters. The number of hydrogen-bond donors (Lipinski definition) is 1. The number of aryl methyl sites for hydroxylation is 1. The van der Waals surface area contributed by atoms with Crippen LogP contribution in [-0.2, 0) is 0 Å². The number of para-hydroxylation sites is 1. The number of pyridine rings is 1. The normalized spacial score (nSPS) is 10.8. The third kappa shape index (κ3) is 3.93. The number of benzene rings is 2. The van der Waals surface area contributed by atoms with E-state index in [-0.39, 0.29) is 5.91 Å². The zero-order valence-electron chi connectivity index (χ0n) is 17.3. The maximum absolute atomic E-state index is 13.3. The number of hydrogen-bond acceptors (Lipinski definition) is 5. The van der Waals surface area contributed by atoms with Gasteiger partial charge in [-0.3, -0.25) is 15.1 Å². The fourth-order valence-corrected chi connectivity index (χ4v) is 4.35. The standard InChI is InChI=1S/C25H19N5OS/c1-17-23(21-14-8-9-15-26-21)32-25(27-17)28-24(31)20-16-30(19-12-6-3-7-13-19)29-22(20)18-10-4-2-5-11-18/h2-16H,1H3,(H,27,28,31). The van der Waals surface area contributed by atoms with E-state index in [2.05, 4.69) is 15.3 Å². The summed E-state index contributed by atoms with van der Waals surface area (Å²) in [6.45, 7) is 1.92. The smallest absolute Gasteiger partial charge is 0.261 e. The molecule has 0 bridgehead atoms. The number of nitrogens with one attached hydrogen (secondary N) is 1. The zero-order valence-corrected chi connectivity index (χ0v) is 18.1. The lowest BCUT2D eigenvalue weighted by Crippen LogP contribution is -2.12. The van der Waals surface area contributed by atoms with Crippen LogP contribution in [0, 0.1) is 6.92 Å². The Kier molecular flexibility index (Phi) is 5.31. The first-order valence-electron chi connectivity index (χ1n) is 10.1. The average Bonchev–Trinajstić information content (AvgIpc) is 3.45. The van der Waals surface area contributed by atoms with Gasteiger partial charge in [0.1, 0.15) is 5.69 Å². The highest BCUT2D eigenvalue weighted by Gasteiger charge is 2.20. The molecular formula is C25H19N5OS. The highest BCUT2D eigenvalue weighted by Crippen LogP contribution is 2.32. The summed E-state index contributed by atoms with van der Waals surface area (Å²) in [6, 6.07) is 25.2. The van der Waals surface area contributed by atoms with Crippen LogP contribution in [-0.4, -0.2) is 25.7 Å². The number of rotatable bonds is 5. The lowest BCUT2D eigenvalue weighted by molar-refractivity contribution is 0.102. The molecule has 0 saturated heterocycles. The van der Waals surface area contributed by atoms with Crippen LogP contribution in [0.1, 0.15) is 16.1 Å². The van der Waals surface area contributed by atoms with Crippen molar-refractivity contribution < 1.29 is 4.79 Å². The van der Waals surface area contributed by atoms with Crippen molar-refractivity contribution >= 4 is 22.4 Å². The minimum atomic E-state index is -0.257. The van der Waals surface area contributed by atoms with Crippen LogP contribution in [0.15, 0.2) is 91.3 Å². The first-order valence-corrected chi connectivity index (χ1v) is 10.9. The summed E-state index contributed by atoms with van der Waals surface area (Å²) in [5.74, 6) is -0.257. The fourth-order valence-electron chi connectivity index (χ4n) is 3.41. The van der Waals surface area contributed by atoms with E-state index in [0.29, 0.717) is 16.4 Å². The predicted octanol–water partition coefficient (Wildman–Crippen LogP) is 5.62. The van der Waals surface area contributed by atoms with E-state index in [9.17, 15) is 4.79 Å². The van der Waals surface area contributed by atoms with E-state index in [4.69, 9.17) is 5.10 Å². The molecule has 1 N–H and O–H groups in total. The molecule has 0 saturated carbocycles. The van der Waals surface area contributed by atoms with Crippen molar-refractivity contribution in [3.8, 4) is 27.5 Å². The van der Waals surface area contributed by atoms with Crippen molar-refractivity contribution in [2.75, 3.05) is 5.32 Å². The summed E-state index contributed by atoms with van der Waals surface area (Å²) in [5, 5.41) is 8.19. The van der Waals surface area contributed by atoms with Crippen molar-refractivity contribution in [3.63, 3.8) is 0 Å². The number of carbonyl (C=O) groups excluding carboxylic acids is 1. The highest BCUT2D eigenvalue weighted by atomic mass is 32.1. The maximum Gasteiger partial charge on any atom is 0.261 e. The van der Waals surface area contributed by atoms with Gasteiger partial charge in [0.15, 0.2) is 5.13 Å². The van der Waals surface area contributed by atoms with Crippen LogP contribution in [0.5, 0.6) is 0 Å². The summed E-state index contributed by atoms with van der Waals surface area (Å²) in [4.78, 5) is 23.2. The van der Waals surface area contributed by atoms with Gasteiger partial charge in [0.05, 0.1) is 27.5 Å². The molecule has 3 aromatic heterocycles. The number of amides is 1. The first-order chi connectivity index (χ1) is 15.7. The van der Waals surface area contributed by atoms with Gasteiger partial charge in [-0.1, -0.05) is 65.9 Å². The minimum Gasteiger partial charge on any atom is -0.298 e. The molecule has 0 fully saturated rings. The molecule has 1 amide bonds. The van der Waals surface area contributed by atoms with Gasteiger partial charge in [-0.25, -0.2) is 9.67 Å². The van der Waals surface area contributed by atoms with Gasteiger partial charge < -0.3 is 0 Å². The molecule has 156 valence electrons. The van der Waals surface area contributed by atoms with Gasteiger partial charge in [-0.15, -0.1) is 0 Å². The van der Waals surface area contributed by atoms with Crippen LogP contribution < -0.4 is 5.32 Å². The van der Waals surface area contributed by atoms with E-state index in [1.165, 1.54) is 11.3 Å². The van der Waals surface area contributed by atoms with Crippen LogP contribution in [0.25, 0.3) is 27.5 Å². The summed E-state index contributed by atoms with van der Waals surface area (Å²) in [5.41, 5.74) is 4.51. The Labute approximate surface area is 189 Å². The molecule has 0 spiro atoms. The molecule has 0 aliphatic carbocycles. The topological polar surface area (TPSA) is 72.7 Å². The molecule has 2 aromatic carbocycles. The third-order valence-electron chi connectivity index (χ3n) is 4.94. The SMILES string of the molecule is Cc1nc(NC(=O)c2cn(-c3ccccc3)nc2-c2ccccc2)sc1-c1ccccn1. The Morgan fingerprint density at radius 2 is 1.66 bits per heavy atom. The monoisotopic (exact) mass is 437 g/mol. The lowest BCUT2D eigenvalue weighted by atomic mass is 10.1. The number of thiazole rings is 1. The molecule has 0 radical (unpaired) electrons. The third-order valence-corrected chi connectivity index (χ3v) is 6.04. The van der Waals surface area contributed by atoms with E-state index >= 15 is 0 Å². The number of nitrogens with zero attached hydrogens (tertiary/aromatic N) is 4. The molecule has 3 heterocycles.